The molecule has 1 unspecified atom stereocenters. The molecule has 1 atom stereocenters. The van der Waals surface area contributed by atoms with E-state index in [2.05, 4.69) is 15.0 Å². The Morgan fingerprint density at radius 1 is 1.21 bits per heavy atom. The van der Waals surface area contributed by atoms with E-state index in [1.165, 1.54) is 11.8 Å². The highest BCUT2D eigenvalue weighted by Gasteiger charge is 2.23. The van der Waals surface area contributed by atoms with E-state index in [-0.39, 0.29) is 11.0 Å². The molecule has 4 aromatic rings. The second-order valence-electron chi connectivity index (χ2n) is 5.61. The number of aryl methyl sites for hydroxylation is 1. The molecule has 0 amide bonds. The first-order valence-electron chi connectivity index (χ1n) is 7.61. The van der Waals surface area contributed by atoms with Crippen molar-refractivity contribution in [3.05, 3.63) is 53.3 Å². The first-order valence-corrected chi connectivity index (χ1v) is 9.37. The van der Waals surface area contributed by atoms with Gasteiger partial charge in [-0.1, -0.05) is 30.0 Å². The monoisotopic (exact) mass is 353 g/mol. The highest BCUT2D eigenvalue weighted by molar-refractivity contribution is 8.00. The predicted molar refractivity (Wildman–Crippen MR) is 100 cm³/mol. The lowest BCUT2D eigenvalue weighted by molar-refractivity contribution is 0.0995. The number of carbonyl (C=O) groups excluding carboxylic acids is 1. The van der Waals surface area contributed by atoms with Gasteiger partial charge in [0.05, 0.1) is 5.25 Å². The van der Waals surface area contributed by atoms with Gasteiger partial charge in [0.2, 0.25) is 0 Å². The number of rotatable bonds is 4. The molecule has 6 heteroatoms. The van der Waals surface area contributed by atoms with Crippen LogP contribution in [0.25, 0.3) is 21.1 Å². The Morgan fingerprint density at radius 3 is 2.92 bits per heavy atom. The van der Waals surface area contributed by atoms with Gasteiger partial charge in [-0.3, -0.25) is 4.79 Å². The van der Waals surface area contributed by atoms with Crippen LogP contribution in [0.3, 0.4) is 0 Å². The van der Waals surface area contributed by atoms with Crippen molar-refractivity contribution in [3.63, 3.8) is 0 Å². The normalized spacial score (nSPS) is 12.8. The number of ketones is 1. The van der Waals surface area contributed by atoms with Gasteiger partial charge in [-0.05, 0) is 31.4 Å². The van der Waals surface area contributed by atoms with Crippen molar-refractivity contribution >= 4 is 50.0 Å². The molecule has 0 fully saturated rings. The summed E-state index contributed by atoms with van der Waals surface area (Å²) in [6.45, 7) is 3.89. The molecular weight excluding hydrogens is 338 g/mol. The number of aromatic amines is 1. The summed E-state index contributed by atoms with van der Waals surface area (Å²) < 4.78 is 0. The van der Waals surface area contributed by atoms with Crippen molar-refractivity contribution in [3.8, 4) is 0 Å². The topological polar surface area (TPSA) is 58.6 Å². The maximum atomic E-state index is 13.0. The largest absolute Gasteiger partial charge is 0.358 e. The molecule has 0 aliphatic heterocycles. The van der Waals surface area contributed by atoms with Crippen molar-refractivity contribution < 1.29 is 4.79 Å². The molecule has 0 aliphatic rings. The van der Waals surface area contributed by atoms with Gasteiger partial charge in [0.15, 0.2) is 5.78 Å². The average Bonchev–Trinajstić information content (AvgIpc) is 3.18. The number of hydrogen-bond donors (Lipinski definition) is 1. The minimum Gasteiger partial charge on any atom is -0.358 e. The lowest BCUT2D eigenvalue weighted by Crippen LogP contribution is -2.14. The lowest BCUT2D eigenvalue weighted by atomic mass is 10.1. The fourth-order valence-corrected chi connectivity index (χ4v) is 4.64. The van der Waals surface area contributed by atoms with E-state index in [0.717, 1.165) is 37.4 Å². The van der Waals surface area contributed by atoms with Crippen LogP contribution in [0, 0.1) is 6.92 Å². The fourth-order valence-electron chi connectivity index (χ4n) is 2.88. The van der Waals surface area contributed by atoms with Crippen LogP contribution in [0.1, 0.15) is 23.0 Å². The molecule has 0 bridgehead atoms. The molecule has 4 rings (SSSR count). The molecule has 0 aliphatic carbocycles. The van der Waals surface area contributed by atoms with Crippen LogP contribution in [0.4, 0.5) is 0 Å². The van der Waals surface area contributed by atoms with Crippen LogP contribution < -0.4 is 0 Å². The molecule has 3 aromatic heterocycles. The van der Waals surface area contributed by atoms with E-state index >= 15 is 0 Å². The first-order chi connectivity index (χ1) is 11.6. The maximum Gasteiger partial charge on any atom is 0.178 e. The fraction of sp³-hybridized carbons (Fsp3) is 0.167. The zero-order chi connectivity index (χ0) is 16.7. The van der Waals surface area contributed by atoms with Gasteiger partial charge in [0, 0.05) is 27.5 Å². The maximum absolute atomic E-state index is 13.0. The number of carbonyl (C=O) groups is 1. The molecule has 0 spiro atoms. The van der Waals surface area contributed by atoms with Crippen molar-refractivity contribution in [2.45, 2.75) is 24.1 Å². The molecule has 0 radical (unpaired) electrons. The van der Waals surface area contributed by atoms with Crippen LogP contribution in [0.5, 0.6) is 0 Å². The molecule has 3 heterocycles. The summed E-state index contributed by atoms with van der Waals surface area (Å²) in [6.07, 6.45) is 1.56. The molecule has 24 heavy (non-hydrogen) atoms. The zero-order valence-electron chi connectivity index (χ0n) is 13.2. The summed E-state index contributed by atoms with van der Waals surface area (Å²) in [5.41, 5.74) is 2.69. The van der Waals surface area contributed by atoms with Gasteiger partial charge in [-0.15, -0.1) is 11.3 Å². The number of aromatic nitrogens is 3. The summed E-state index contributed by atoms with van der Waals surface area (Å²) in [6, 6.07) is 9.93. The number of para-hydroxylation sites is 1. The van der Waals surface area contributed by atoms with E-state index in [1.54, 1.807) is 17.7 Å². The summed E-state index contributed by atoms with van der Waals surface area (Å²) in [5, 5.41) is 4.64. The van der Waals surface area contributed by atoms with Gasteiger partial charge in [-0.25, -0.2) is 9.97 Å². The number of thiophene rings is 1. The van der Waals surface area contributed by atoms with E-state index in [1.807, 2.05) is 49.6 Å². The minimum absolute atomic E-state index is 0.122. The first kappa shape index (κ1) is 15.4. The van der Waals surface area contributed by atoms with Crippen LogP contribution in [-0.4, -0.2) is 26.0 Å². The second-order valence-corrected chi connectivity index (χ2v) is 7.84. The third kappa shape index (κ3) is 2.52. The van der Waals surface area contributed by atoms with E-state index < -0.39 is 0 Å². The van der Waals surface area contributed by atoms with Gasteiger partial charge in [-0.2, -0.15) is 0 Å². The van der Waals surface area contributed by atoms with Gasteiger partial charge < -0.3 is 4.98 Å². The Balaban J connectivity index is 1.69. The van der Waals surface area contributed by atoms with Crippen LogP contribution >= 0.6 is 23.1 Å². The number of Topliss-reactive ketones (excluding diaryl/α,β-unsaturated/α-hetero) is 1. The zero-order valence-corrected chi connectivity index (χ0v) is 14.9. The van der Waals surface area contributed by atoms with Crippen LogP contribution in [-0.2, 0) is 0 Å². The van der Waals surface area contributed by atoms with E-state index in [0.29, 0.717) is 0 Å². The number of nitrogens with zero attached hydrogens (tertiary/aromatic N) is 2. The van der Waals surface area contributed by atoms with Crippen LogP contribution in [0.15, 0.2) is 47.1 Å². The minimum atomic E-state index is -0.221. The van der Waals surface area contributed by atoms with E-state index in [9.17, 15) is 4.79 Å². The van der Waals surface area contributed by atoms with E-state index in [4.69, 9.17) is 0 Å². The Hall–Kier alpha value is -2.18. The standard InChI is InChI=1S/C18H15N3OS2/c1-10-15(12-5-3-4-6-14(12)21-10)16(22)11(2)24-18-13-7-8-23-17(13)19-9-20-18/h3-9,11,21H,1-2H3. The summed E-state index contributed by atoms with van der Waals surface area (Å²) in [4.78, 5) is 25.9. The molecule has 0 saturated heterocycles. The van der Waals surface area contributed by atoms with Crippen molar-refractivity contribution in [1.82, 2.24) is 15.0 Å². The second kappa shape index (κ2) is 6.03. The number of fused-ring (bicyclic) bond motifs is 2. The Kier molecular flexibility index (Phi) is 3.86. The third-order valence-corrected chi connectivity index (χ3v) is 5.96. The quantitative estimate of drug-likeness (QED) is 0.324. The molecule has 1 aromatic carbocycles. The highest BCUT2D eigenvalue weighted by Crippen LogP contribution is 2.33. The number of H-pyrrole nitrogens is 1. The summed E-state index contributed by atoms with van der Waals surface area (Å²) in [5.74, 6) is 0.122. The SMILES string of the molecule is Cc1[nH]c2ccccc2c1C(=O)C(C)Sc1ncnc2sccc12. The Morgan fingerprint density at radius 2 is 2.04 bits per heavy atom. The van der Waals surface area contributed by atoms with Crippen molar-refractivity contribution in [2.24, 2.45) is 0 Å². The van der Waals surface area contributed by atoms with Crippen molar-refractivity contribution in [1.29, 1.82) is 0 Å². The summed E-state index contributed by atoms with van der Waals surface area (Å²) >= 11 is 3.08. The predicted octanol–water partition coefficient (Wildman–Crippen LogP) is 4.84. The Bertz CT molecular complexity index is 1050. The lowest BCUT2D eigenvalue weighted by Gasteiger charge is -2.10. The van der Waals surface area contributed by atoms with Gasteiger partial charge in [0.25, 0.3) is 0 Å². The highest BCUT2D eigenvalue weighted by atomic mass is 32.2. The van der Waals surface area contributed by atoms with Gasteiger partial charge in [0.1, 0.15) is 16.2 Å². The molecule has 4 nitrogen and oxygen atoms in total. The molecule has 120 valence electrons. The molecular formula is C18H15N3OS2. The Labute approximate surface area is 147 Å². The number of thioether (sulfide) groups is 1. The van der Waals surface area contributed by atoms with Crippen molar-refractivity contribution in [2.75, 3.05) is 0 Å². The number of benzene rings is 1. The molecule has 1 N–H and O–H groups in total. The average molecular weight is 353 g/mol. The third-order valence-electron chi connectivity index (χ3n) is 4.02. The van der Waals surface area contributed by atoms with Crippen LogP contribution in [0.2, 0.25) is 0 Å². The number of hydrogen-bond acceptors (Lipinski definition) is 5. The smallest absolute Gasteiger partial charge is 0.178 e. The summed E-state index contributed by atoms with van der Waals surface area (Å²) in [7, 11) is 0. The number of nitrogens with one attached hydrogen (secondary N) is 1. The molecule has 0 saturated carbocycles. The van der Waals surface area contributed by atoms with Gasteiger partial charge >= 0.3 is 0 Å².